The monoisotopic (exact) mass is 211 g/mol. The van der Waals surface area contributed by atoms with Crippen molar-refractivity contribution in [3.8, 4) is 6.07 Å². The van der Waals surface area contributed by atoms with Crippen LogP contribution in [0.5, 0.6) is 0 Å². The molecule has 0 unspecified atom stereocenters. The Bertz CT molecular complexity index is 388. The minimum atomic E-state index is 0.433. The fourth-order valence-corrected chi connectivity index (χ4v) is 1.22. The van der Waals surface area contributed by atoms with Crippen molar-refractivity contribution in [1.82, 2.24) is 0 Å². The third-order valence-corrected chi connectivity index (χ3v) is 2.38. The summed E-state index contributed by atoms with van der Waals surface area (Å²) in [6.07, 6.45) is 1.30. The molecule has 0 atom stereocenters. The first kappa shape index (κ1) is 10.1. The molecule has 0 aliphatic heterocycles. The maximum atomic E-state index is 8.38. The van der Waals surface area contributed by atoms with Crippen LogP contribution < -0.4 is 0 Å². The molecule has 0 spiro atoms. The SMILES string of the molecule is Cc1cc(/C(Cl)=C/C#N)ccc1Cl. The van der Waals surface area contributed by atoms with Crippen LogP contribution >= 0.6 is 23.2 Å². The van der Waals surface area contributed by atoms with Gasteiger partial charge in [-0.05, 0) is 30.2 Å². The number of hydrogen-bond acceptors (Lipinski definition) is 1. The predicted octanol–water partition coefficient (Wildman–Crippen LogP) is 3.75. The van der Waals surface area contributed by atoms with E-state index in [-0.39, 0.29) is 0 Å². The van der Waals surface area contributed by atoms with E-state index in [1.165, 1.54) is 6.08 Å². The number of nitriles is 1. The first-order chi connectivity index (χ1) is 6.15. The standard InChI is InChI=1S/C10H7Cl2N/c1-7-6-8(2-3-9(7)11)10(12)4-5-13/h2-4,6H,1H3/b10-4-. The second kappa shape index (κ2) is 4.32. The summed E-state index contributed by atoms with van der Waals surface area (Å²) in [7, 11) is 0. The first-order valence-corrected chi connectivity index (χ1v) is 4.42. The molecule has 0 fully saturated rings. The average molecular weight is 212 g/mol. The number of allylic oxidation sites excluding steroid dienone is 1. The van der Waals surface area contributed by atoms with Gasteiger partial charge in [-0.1, -0.05) is 29.3 Å². The summed E-state index contributed by atoms with van der Waals surface area (Å²) >= 11 is 11.7. The summed E-state index contributed by atoms with van der Waals surface area (Å²) in [6.45, 7) is 1.89. The molecule has 0 amide bonds. The van der Waals surface area contributed by atoms with Crippen LogP contribution in [0, 0.1) is 18.3 Å². The Hall–Kier alpha value is -0.970. The van der Waals surface area contributed by atoms with E-state index < -0.39 is 0 Å². The molecule has 0 bridgehead atoms. The lowest BCUT2D eigenvalue weighted by atomic mass is 10.1. The van der Waals surface area contributed by atoms with Gasteiger partial charge in [0.05, 0.1) is 11.1 Å². The Morgan fingerprint density at radius 2 is 2.23 bits per heavy atom. The van der Waals surface area contributed by atoms with Gasteiger partial charge in [0.2, 0.25) is 0 Å². The van der Waals surface area contributed by atoms with Crippen molar-refractivity contribution in [2.45, 2.75) is 6.92 Å². The molecular formula is C10H7Cl2N. The zero-order valence-corrected chi connectivity index (χ0v) is 8.52. The normalized spacial score (nSPS) is 11.1. The molecule has 1 nitrogen and oxygen atoms in total. The second-order valence-electron chi connectivity index (χ2n) is 2.59. The molecule has 1 aromatic rings. The van der Waals surface area contributed by atoms with Crippen LogP contribution in [-0.2, 0) is 0 Å². The number of nitrogens with zero attached hydrogens (tertiary/aromatic N) is 1. The predicted molar refractivity (Wildman–Crippen MR) is 55.6 cm³/mol. The van der Waals surface area contributed by atoms with Crippen LogP contribution in [0.1, 0.15) is 11.1 Å². The van der Waals surface area contributed by atoms with Gasteiger partial charge in [-0.3, -0.25) is 0 Å². The smallest absolute Gasteiger partial charge is 0.0927 e. The van der Waals surface area contributed by atoms with E-state index in [0.29, 0.717) is 10.1 Å². The Kier molecular flexibility index (Phi) is 3.36. The molecule has 0 radical (unpaired) electrons. The lowest BCUT2D eigenvalue weighted by Crippen LogP contribution is -1.80. The van der Waals surface area contributed by atoms with Crippen molar-refractivity contribution in [2.75, 3.05) is 0 Å². The van der Waals surface area contributed by atoms with Gasteiger partial charge in [0, 0.05) is 11.1 Å². The molecule has 0 N–H and O–H groups in total. The highest BCUT2D eigenvalue weighted by atomic mass is 35.5. The van der Waals surface area contributed by atoms with Crippen molar-refractivity contribution >= 4 is 28.2 Å². The third kappa shape index (κ3) is 2.48. The number of aryl methyl sites for hydroxylation is 1. The molecule has 0 saturated heterocycles. The molecule has 66 valence electrons. The second-order valence-corrected chi connectivity index (χ2v) is 3.40. The minimum Gasteiger partial charge on any atom is -0.193 e. The fraction of sp³-hybridized carbons (Fsp3) is 0.100. The maximum Gasteiger partial charge on any atom is 0.0927 e. The Morgan fingerprint density at radius 1 is 1.54 bits per heavy atom. The lowest BCUT2D eigenvalue weighted by Gasteiger charge is -2.01. The number of halogens is 2. The van der Waals surface area contributed by atoms with Crippen molar-refractivity contribution in [3.63, 3.8) is 0 Å². The number of hydrogen-bond donors (Lipinski definition) is 0. The van der Waals surface area contributed by atoms with Crippen molar-refractivity contribution in [1.29, 1.82) is 5.26 Å². The van der Waals surface area contributed by atoms with Gasteiger partial charge in [-0.15, -0.1) is 0 Å². The van der Waals surface area contributed by atoms with Crippen molar-refractivity contribution in [3.05, 3.63) is 40.4 Å². The van der Waals surface area contributed by atoms with Crippen LogP contribution in [0.15, 0.2) is 24.3 Å². The quantitative estimate of drug-likeness (QED) is 0.650. The van der Waals surface area contributed by atoms with E-state index in [0.717, 1.165) is 11.1 Å². The van der Waals surface area contributed by atoms with Crippen LogP contribution in [-0.4, -0.2) is 0 Å². The van der Waals surface area contributed by atoms with Gasteiger partial charge in [-0.25, -0.2) is 0 Å². The van der Waals surface area contributed by atoms with Crippen molar-refractivity contribution < 1.29 is 0 Å². The first-order valence-electron chi connectivity index (χ1n) is 3.67. The molecular weight excluding hydrogens is 205 g/mol. The van der Waals surface area contributed by atoms with Crippen LogP contribution in [0.2, 0.25) is 5.02 Å². The van der Waals surface area contributed by atoms with Crippen LogP contribution in [0.3, 0.4) is 0 Å². The fourth-order valence-electron chi connectivity index (χ4n) is 0.933. The topological polar surface area (TPSA) is 23.8 Å². The highest BCUT2D eigenvalue weighted by Gasteiger charge is 2.00. The maximum absolute atomic E-state index is 8.38. The summed E-state index contributed by atoms with van der Waals surface area (Å²) in [4.78, 5) is 0. The summed E-state index contributed by atoms with van der Waals surface area (Å²) in [5.41, 5.74) is 1.76. The van der Waals surface area contributed by atoms with Gasteiger partial charge < -0.3 is 0 Å². The van der Waals surface area contributed by atoms with E-state index in [4.69, 9.17) is 28.5 Å². The van der Waals surface area contributed by atoms with E-state index >= 15 is 0 Å². The van der Waals surface area contributed by atoms with E-state index in [2.05, 4.69) is 0 Å². The Balaban J connectivity index is 3.13. The number of rotatable bonds is 1. The zero-order chi connectivity index (χ0) is 9.84. The molecule has 0 aliphatic rings. The zero-order valence-electron chi connectivity index (χ0n) is 7.01. The summed E-state index contributed by atoms with van der Waals surface area (Å²) in [6, 6.07) is 7.27. The molecule has 3 heteroatoms. The van der Waals surface area contributed by atoms with Gasteiger partial charge in [0.25, 0.3) is 0 Å². The summed E-state index contributed by atoms with van der Waals surface area (Å²) in [5.74, 6) is 0. The summed E-state index contributed by atoms with van der Waals surface area (Å²) in [5, 5.41) is 9.52. The van der Waals surface area contributed by atoms with Crippen LogP contribution in [0.25, 0.3) is 5.03 Å². The van der Waals surface area contributed by atoms with E-state index in [9.17, 15) is 0 Å². The molecule has 1 aromatic carbocycles. The van der Waals surface area contributed by atoms with Gasteiger partial charge in [-0.2, -0.15) is 5.26 Å². The summed E-state index contributed by atoms with van der Waals surface area (Å²) < 4.78 is 0. The van der Waals surface area contributed by atoms with E-state index in [1.807, 2.05) is 19.1 Å². The highest BCUT2D eigenvalue weighted by Crippen LogP contribution is 2.23. The van der Waals surface area contributed by atoms with Gasteiger partial charge in [0.15, 0.2) is 0 Å². The molecule has 1 rings (SSSR count). The minimum absolute atomic E-state index is 0.433. The molecule has 0 saturated carbocycles. The average Bonchev–Trinajstić information content (AvgIpc) is 2.10. The Morgan fingerprint density at radius 3 is 2.77 bits per heavy atom. The van der Waals surface area contributed by atoms with Crippen molar-refractivity contribution in [2.24, 2.45) is 0 Å². The van der Waals surface area contributed by atoms with Gasteiger partial charge in [0.1, 0.15) is 0 Å². The largest absolute Gasteiger partial charge is 0.193 e. The Labute approximate surface area is 87.2 Å². The van der Waals surface area contributed by atoms with Crippen LogP contribution in [0.4, 0.5) is 0 Å². The lowest BCUT2D eigenvalue weighted by molar-refractivity contribution is 1.45. The molecule has 0 aromatic heterocycles. The van der Waals surface area contributed by atoms with Gasteiger partial charge >= 0.3 is 0 Å². The molecule has 0 heterocycles. The molecule has 13 heavy (non-hydrogen) atoms. The molecule has 0 aliphatic carbocycles. The third-order valence-electron chi connectivity index (χ3n) is 1.62. The number of benzene rings is 1. The highest BCUT2D eigenvalue weighted by molar-refractivity contribution is 6.49. The van der Waals surface area contributed by atoms with E-state index in [1.54, 1.807) is 12.1 Å².